The second-order valence-electron chi connectivity index (χ2n) is 6.73. The van der Waals surface area contributed by atoms with Crippen molar-refractivity contribution in [3.63, 3.8) is 0 Å². The van der Waals surface area contributed by atoms with E-state index in [1.165, 1.54) is 10.6 Å². The van der Waals surface area contributed by atoms with Gasteiger partial charge in [-0.15, -0.1) is 0 Å². The molecule has 2 N–H and O–H groups in total. The number of nitrogens with zero attached hydrogens (tertiary/aromatic N) is 5. The Balaban J connectivity index is 1.72. The Hall–Kier alpha value is -3.01. The maximum absolute atomic E-state index is 13.3. The van der Waals surface area contributed by atoms with Crippen LogP contribution in [0, 0.1) is 0 Å². The van der Waals surface area contributed by atoms with E-state index in [0.29, 0.717) is 22.6 Å². The number of amides is 1. The fraction of sp³-hybridized carbons (Fsp3) is 0.143. The lowest BCUT2D eigenvalue weighted by Crippen LogP contribution is -2.31. The molecule has 31 heavy (non-hydrogen) atoms. The highest BCUT2D eigenvalue weighted by molar-refractivity contribution is 9.10. The van der Waals surface area contributed by atoms with E-state index in [1.807, 2.05) is 19.2 Å². The number of halogens is 2. The van der Waals surface area contributed by atoms with Crippen molar-refractivity contribution in [1.82, 2.24) is 24.8 Å². The van der Waals surface area contributed by atoms with E-state index in [4.69, 9.17) is 22.2 Å². The molecule has 0 saturated heterocycles. The monoisotopic (exact) mass is 500 g/mol. The zero-order valence-electron chi connectivity index (χ0n) is 16.5. The van der Waals surface area contributed by atoms with Crippen molar-refractivity contribution in [3.05, 3.63) is 70.1 Å². The van der Waals surface area contributed by atoms with Crippen LogP contribution in [0.5, 0.6) is 0 Å². The summed E-state index contributed by atoms with van der Waals surface area (Å²) in [6.07, 6.45) is 4.93. The number of benzene rings is 1. The molecule has 0 saturated carbocycles. The van der Waals surface area contributed by atoms with E-state index in [0.717, 1.165) is 20.8 Å². The maximum atomic E-state index is 13.3. The third kappa shape index (κ3) is 4.39. The highest BCUT2D eigenvalue weighted by atomic mass is 79.9. The fourth-order valence-corrected chi connectivity index (χ4v) is 3.53. The van der Waals surface area contributed by atoms with Crippen molar-refractivity contribution < 1.29 is 9.63 Å². The van der Waals surface area contributed by atoms with Crippen LogP contribution in [0.2, 0.25) is 0 Å². The first-order chi connectivity index (χ1) is 15.0. The summed E-state index contributed by atoms with van der Waals surface area (Å²) in [5.41, 5.74) is 10.0. The quantitative estimate of drug-likeness (QED) is 0.398. The molecule has 4 aromatic rings. The lowest BCUT2D eigenvalue weighted by Gasteiger charge is -2.21. The van der Waals surface area contributed by atoms with Crippen LogP contribution in [-0.4, -0.2) is 37.3 Å². The zero-order valence-corrected chi connectivity index (χ0v) is 18.8. The molecule has 0 fully saturated rings. The Morgan fingerprint density at radius 3 is 2.87 bits per heavy atom. The highest BCUT2D eigenvalue weighted by Gasteiger charge is 2.20. The predicted molar refractivity (Wildman–Crippen MR) is 123 cm³/mol. The van der Waals surface area contributed by atoms with Crippen LogP contribution in [-0.2, 0) is 18.4 Å². The molecular weight excluding hydrogens is 484 g/mol. The molecule has 0 radical (unpaired) electrons. The molecule has 0 unspecified atom stereocenters. The van der Waals surface area contributed by atoms with Crippen LogP contribution in [0.4, 0.5) is 5.82 Å². The molecule has 8 nitrogen and oxygen atoms in total. The van der Waals surface area contributed by atoms with Crippen LogP contribution in [0.15, 0.2) is 58.8 Å². The van der Waals surface area contributed by atoms with E-state index in [1.54, 1.807) is 41.4 Å². The number of carbonyl (C=O) groups excluding carboxylic acids is 1. The first-order valence-corrected chi connectivity index (χ1v) is 10.5. The number of aryl methyl sites for hydroxylation is 1. The first-order valence-electron chi connectivity index (χ1n) is 9.29. The largest absolute Gasteiger partial charge is 0.383 e. The summed E-state index contributed by atoms with van der Waals surface area (Å²) in [7, 11) is 1.82. The smallest absolute Gasteiger partial charge is 0.277 e. The molecule has 0 aliphatic carbocycles. The van der Waals surface area contributed by atoms with Gasteiger partial charge in [-0.1, -0.05) is 11.6 Å². The van der Waals surface area contributed by atoms with Gasteiger partial charge in [0, 0.05) is 34.2 Å². The summed E-state index contributed by atoms with van der Waals surface area (Å²) >= 11 is 8.95. The third-order valence-electron chi connectivity index (χ3n) is 4.69. The van der Waals surface area contributed by atoms with Gasteiger partial charge in [-0.05, 0) is 52.3 Å². The number of hydrogen-bond acceptors (Lipinski definition) is 6. The van der Waals surface area contributed by atoms with E-state index in [-0.39, 0.29) is 19.1 Å². The number of nitrogens with two attached hydrogens (primary N) is 1. The van der Waals surface area contributed by atoms with E-state index < -0.39 is 0 Å². The normalized spacial score (nSPS) is 11.6. The Kier molecular flexibility index (Phi) is 6.17. The number of carbonyl (C=O) groups is 1. The average molecular weight is 502 g/mol. The van der Waals surface area contributed by atoms with Gasteiger partial charge in [0.15, 0.2) is 0 Å². The van der Waals surface area contributed by atoms with Gasteiger partial charge in [-0.3, -0.25) is 19.3 Å². The summed E-state index contributed by atoms with van der Waals surface area (Å²) in [5.74, 6) is 0.0792. The van der Waals surface area contributed by atoms with Crippen molar-refractivity contribution in [2.45, 2.75) is 6.54 Å². The van der Waals surface area contributed by atoms with Crippen LogP contribution < -0.4 is 5.73 Å². The van der Waals surface area contributed by atoms with Crippen LogP contribution in [0.1, 0.15) is 16.1 Å². The topological polar surface area (TPSA) is 99.2 Å². The number of hydroxylamine groups is 2. The molecule has 0 bridgehead atoms. The van der Waals surface area contributed by atoms with Crippen molar-refractivity contribution in [2.24, 2.45) is 7.05 Å². The minimum Gasteiger partial charge on any atom is -0.383 e. The van der Waals surface area contributed by atoms with Gasteiger partial charge < -0.3 is 5.73 Å². The Labute approximate surface area is 191 Å². The number of aromatic nitrogens is 4. The second kappa shape index (κ2) is 9.01. The van der Waals surface area contributed by atoms with Crippen molar-refractivity contribution in [1.29, 1.82) is 0 Å². The van der Waals surface area contributed by atoms with E-state index in [2.05, 4.69) is 31.0 Å². The molecule has 10 heteroatoms. The summed E-state index contributed by atoms with van der Waals surface area (Å²) in [4.78, 5) is 27.7. The third-order valence-corrected chi connectivity index (χ3v) is 5.34. The summed E-state index contributed by atoms with van der Waals surface area (Å²) in [5, 5.41) is 7.05. The lowest BCUT2D eigenvalue weighted by molar-refractivity contribution is -0.119. The van der Waals surface area contributed by atoms with Gasteiger partial charge >= 0.3 is 0 Å². The molecule has 0 aliphatic heterocycles. The zero-order chi connectivity index (χ0) is 22.0. The molecule has 1 amide bonds. The van der Waals surface area contributed by atoms with Gasteiger partial charge in [0.1, 0.15) is 5.82 Å². The molecule has 158 valence electrons. The fourth-order valence-electron chi connectivity index (χ4n) is 3.23. The van der Waals surface area contributed by atoms with Crippen molar-refractivity contribution in [2.75, 3.05) is 12.3 Å². The maximum Gasteiger partial charge on any atom is 0.277 e. The average Bonchev–Trinajstić information content (AvgIpc) is 3.16. The number of rotatable bonds is 6. The molecule has 3 aromatic heterocycles. The van der Waals surface area contributed by atoms with Gasteiger partial charge in [0.25, 0.3) is 5.91 Å². The SMILES string of the molecule is Cn1ncc2c(N)nc3ccc(C(=O)N(Cc4ccc(Br)cn4)OCC=CCl)cc3c21. The highest BCUT2D eigenvalue weighted by Crippen LogP contribution is 2.28. The van der Waals surface area contributed by atoms with Gasteiger partial charge in [-0.25, -0.2) is 10.0 Å². The Bertz CT molecular complexity index is 1290. The molecule has 0 spiro atoms. The number of pyridine rings is 2. The standard InChI is InChI=1S/C21H18BrClN6O2/c1-28-19-16-9-13(3-6-18(16)27-20(24)17(19)11-26-28)21(30)29(31-8-2-7-23)12-15-5-4-14(22)10-25-15/h2-7,9-11H,8,12H2,1H3,(H2,24,27). The summed E-state index contributed by atoms with van der Waals surface area (Å²) in [6.45, 7) is 0.310. The molecule has 4 rings (SSSR count). The van der Waals surface area contributed by atoms with E-state index in [9.17, 15) is 4.79 Å². The lowest BCUT2D eigenvalue weighted by atomic mass is 10.1. The number of nitrogen functional groups attached to an aromatic ring is 1. The molecule has 0 atom stereocenters. The molecular formula is C21H18BrClN6O2. The summed E-state index contributed by atoms with van der Waals surface area (Å²) in [6, 6.07) is 8.91. The van der Waals surface area contributed by atoms with Crippen LogP contribution in [0.3, 0.4) is 0 Å². The van der Waals surface area contributed by atoms with Crippen molar-refractivity contribution in [3.8, 4) is 0 Å². The van der Waals surface area contributed by atoms with Gasteiger partial charge in [-0.2, -0.15) is 5.10 Å². The van der Waals surface area contributed by atoms with Crippen LogP contribution in [0.25, 0.3) is 21.8 Å². The number of fused-ring (bicyclic) bond motifs is 3. The Morgan fingerprint density at radius 1 is 1.29 bits per heavy atom. The first kappa shape index (κ1) is 21.2. The predicted octanol–water partition coefficient (Wildman–Crippen LogP) is 4.19. The van der Waals surface area contributed by atoms with Gasteiger partial charge in [0.05, 0.1) is 41.5 Å². The number of hydrogen-bond donors (Lipinski definition) is 1. The molecule has 0 aliphatic rings. The van der Waals surface area contributed by atoms with Crippen LogP contribution >= 0.6 is 27.5 Å². The Morgan fingerprint density at radius 2 is 2.13 bits per heavy atom. The van der Waals surface area contributed by atoms with Crippen molar-refractivity contribution >= 4 is 61.1 Å². The number of anilines is 1. The molecule has 3 heterocycles. The second-order valence-corrected chi connectivity index (χ2v) is 7.89. The molecule has 1 aromatic carbocycles. The minimum atomic E-state index is -0.318. The van der Waals surface area contributed by atoms with Gasteiger partial charge in [0.2, 0.25) is 0 Å². The van der Waals surface area contributed by atoms with E-state index >= 15 is 0 Å². The summed E-state index contributed by atoms with van der Waals surface area (Å²) < 4.78 is 2.57. The minimum absolute atomic E-state index is 0.142.